The molecule has 2 aromatic rings. The van der Waals surface area contributed by atoms with E-state index < -0.39 is 10.0 Å². The zero-order valence-corrected chi connectivity index (χ0v) is 18.5. The molecule has 0 aliphatic carbocycles. The maximum Gasteiger partial charge on any atom is 0.258 e. The lowest BCUT2D eigenvalue weighted by molar-refractivity contribution is -0.0440. The van der Waals surface area contributed by atoms with E-state index in [-0.39, 0.29) is 23.0 Å². The van der Waals surface area contributed by atoms with Gasteiger partial charge in [-0.25, -0.2) is 8.42 Å². The van der Waals surface area contributed by atoms with Crippen molar-refractivity contribution in [3.05, 3.63) is 59.2 Å². The summed E-state index contributed by atoms with van der Waals surface area (Å²) in [6.45, 7) is 6.99. The second-order valence-corrected chi connectivity index (χ2v) is 10.2. The molecule has 0 radical (unpaired) electrons. The van der Waals surface area contributed by atoms with Gasteiger partial charge in [0.1, 0.15) is 0 Å². The van der Waals surface area contributed by atoms with Gasteiger partial charge in [0.2, 0.25) is 10.0 Å². The van der Waals surface area contributed by atoms with Crippen LogP contribution in [0.3, 0.4) is 0 Å². The number of carbonyl (C=O) groups is 1. The smallest absolute Gasteiger partial charge is 0.258 e. The summed E-state index contributed by atoms with van der Waals surface area (Å²) in [6.07, 6.45) is 1.51. The number of fused-ring (bicyclic) bond motifs is 1. The van der Waals surface area contributed by atoms with Crippen molar-refractivity contribution >= 4 is 21.6 Å². The molecule has 2 aromatic carbocycles. The maximum atomic E-state index is 13.4. The molecule has 0 N–H and O–H groups in total. The summed E-state index contributed by atoms with van der Waals surface area (Å²) in [4.78, 5) is 15.3. The fraction of sp³-hybridized carbons (Fsp3) is 0.435. The van der Waals surface area contributed by atoms with E-state index in [0.717, 1.165) is 29.7 Å². The van der Waals surface area contributed by atoms with Crippen molar-refractivity contribution in [2.24, 2.45) is 0 Å². The van der Waals surface area contributed by atoms with Crippen LogP contribution in [0.15, 0.2) is 47.4 Å². The third-order valence-electron chi connectivity index (χ3n) is 5.77. The van der Waals surface area contributed by atoms with Gasteiger partial charge in [0.25, 0.3) is 5.91 Å². The molecule has 4 rings (SSSR count). The number of para-hydroxylation sites is 1. The SMILES string of the molecule is Cc1cccc2c1N(C(=O)c1cccc(S(=O)(=O)N3CC(C)OC(C)C3)c1)CCC2. The first-order chi connectivity index (χ1) is 14.3. The van der Waals surface area contributed by atoms with Crippen LogP contribution in [0.5, 0.6) is 0 Å². The number of rotatable bonds is 3. The topological polar surface area (TPSA) is 66.9 Å². The third kappa shape index (κ3) is 3.89. The van der Waals surface area contributed by atoms with Gasteiger partial charge in [0.15, 0.2) is 0 Å². The molecule has 2 unspecified atom stereocenters. The highest BCUT2D eigenvalue weighted by molar-refractivity contribution is 7.89. The van der Waals surface area contributed by atoms with Crippen LogP contribution in [0.25, 0.3) is 0 Å². The lowest BCUT2D eigenvalue weighted by Gasteiger charge is -2.34. The molecule has 0 saturated carbocycles. The molecular weight excluding hydrogens is 400 g/mol. The summed E-state index contributed by atoms with van der Waals surface area (Å²) in [6, 6.07) is 12.5. The van der Waals surface area contributed by atoms with Crippen LogP contribution < -0.4 is 4.90 Å². The Bertz CT molecular complexity index is 1060. The fourth-order valence-corrected chi connectivity index (χ4v) is 6.11. The summed E-state index contributed by atoms with van der Waals surface area (Å²) >= 11 is 0. The summed E-state index contributed by atoms with van der Waals surface area (Å²) in [5, 5.41) is 0. The molecule has 30 heavy (non-hydrogen) atoms. The van der Waals surface area contributed by atoms with Crippen molar-refractivity contribution < 1.29 is 17.9 Å². The van der Waals surface area contributed by atoms with Crippen LogP contribution in [0.2, 0.25) is 0 Å². The van der Waals surface area contributed by atoms with E-state index in [1.165, 1.54) is 10.4 Å². The van der Waals surface area contributed by atoms with E-state index in [9.17, 15) is 13.2 Å². The van der Waals surface area contributed by atoms with Gasteiger partial charge in [-0.2, -0.15) is 4.31 Å². The highest BCUT2D eigenvalue weighted by Crippen LogP contribution is 2.32. The summed E-state index contributed by atoms with van der Waals surface area (Å²) in [5.74, 6) is -0.161. The van der Waals surface area contributed by atoms with Crippen LogP contribution in [-0.4, -0.2) is 50.5 Å². The number of hydrogen-bond acceptors (Lipinski definition) is 4. The van der Waals surface area contributed by atoms with Gasteiger partial charge in [0, 0.05) is 25.2 Å². The molecule has 6 nitrogen and oxygen atoms in total. The molecule has 0 aromatic heterocycles. The normalized spacial score (nSPS) is 22.6. The van der Waals surface area contributed by atoms with E-state index >= 15 is 0 Å². The van der Waals surface area contributed by atoms with Crippen LogP contribution >= 0.6 is 0 Å². The first-order valence-corrected chi connectivity index (χ1v) is 11.9. The van der Waals surface area contributed by atoms with Crippen molar-refractivity contribution in [1.29, 1.82) is 0 Å². The molecule has 1 fully saturated rings. The molecule has 2 aliphatic heterocycles. The zero-order chi connectivity index (χ0) is 21.5. The number of nitrogens with zero attached hydrogens (tertiary/aromatic N) is 2. The Morgan fingerprint density at radius 3 is 2.50 bits per heavy atom. The van der Waals surface area contributed by atoms with Gasteiger partial charge in [0.05, 0.1) is 22.8 Å². The minimum absolute atomic E-state index is 0.150. The predicted octanol–water partition coefficient (Wildman–Crippen LogP) is 3.39. The van der Waals surface area contributed by atoms with Gasteiger partial charge >= 0.3 is 0 Å². The van der Waals surface area contributed by atoms with Crippen molar-refractivity contribution in [3.63, 3.8) is 0 Å². The van der Waals surface area contributed by atoms with Gasteiger partial charge in [-0.05, 0) is 62.9 Å². The van der Waals surface area contributed by atoms with Crippen LogP contribution in [0.4, 0.5) is 5.69 Å². The predicted molar refractivity (Wildman–Crippen MR) is 116 cm³/mol. The Morgan fingerprint density at radius 2 is 1.77 bits per heavy atom. The number of aryl methyl sites for hydroxylation is 2. The number of morpholine rings is 1. The third-order valence-corrected chi connectivity index (χ3v) is 7.60. The largest absolute Gasteiger partial charge is 0.373 e. The molecule has 2 aliphatic rings. The quantitative estimate of drug-likeness (QED) is 0.752. The average Bonchev–Trinajstić information content (AvgIpc) is 2.72. The first kappa shape index (κ1) is 21.0. The average molecular weight is 429 g/mol. The number of anilines is 1. The van der Waals surface area contributed by atoms with Crippen LogP contribution in [-0.2, 0) is 21.2 Å². The molecule has 2 heterocycles. The van der Waals surface area contributed by atoms with Crippen molar-refractivity contribution in [3.8, 4) is 0 Å². The second-order valence-electron chi connectivity index (χ2n) is 8.25. The second kappa shape index (κ2) is 8.13. The maximum absolute atomic E-state index is 13.4. The number of hydrogen-bond donors (Lipinski definition) is 0. The Balaban J connectivity index is 1.66. The molecule has 160 valence electrons. The van der Waals surface area contributed by atoms with Gasteiger partial charge < -0.3 is 9.64 Å². The minimum atomic E-state index is -3.70. The minimum Gasteiger partial charge on any atom is -0.373 e. The summed E-state index contributed by atoms with van der Waals surface area (Å²) < 4.78 is 33.6. The molecule has 2 atom stereocenters. The number of sulfonamides is 1. The fourth-order valence-electron chi connectivity index (χ4n) is 4.47. The van der Waals surface area contributed by atoms with E-state index in [1.54, 1.807) is 23.1 Å². The molecular formula is C23H28N2O4S. The van der Waals surface area contributed by atoms with Crippen LogP contribution in [0, 0.1) is 6.92 Å². The van der Waals surface area contributed by atoms with Crippen molar-refractivity contribution in [2.45, 2.75) is 50.7 Å². The summed E-state index contributed by atoms with van der Waals surface area (Å²) in [5.41, 5.74) is 3.56. The lowest BCUT2D eigenvalue weighted by Crippen LogP contribution is -2.48. The van der Waals surface area contributed by atoms with Gasteiger partial charge in [-0.3, -0.25) is 4.79 Å². The summed E-state index contributed by atoms with van der Waals surface area (Å²) in [7, 11) is -3.70. The van der Waals surface area contributed by atoms with Crippen molar-refractivity contribution in [2.75, 3.05) is 24.5 Å². The van der Waals surface area contributed by atoms with Crippen molar-refractivity contribution in [1.82, 2.24) is 4.31 Å². The number of amides is 1. The van der Waals surface area contributed by atoms with Gasteiger partial charge in [-0.1, -0.05) is 24.3 Å². The van der Waals surface area contributed by atoms with E-state index in [2.05, 4.69) is 6.07 Å². The van der Waals surface area contributed by atoms with E-state index in [0.29, 0.717) is 25.2 Å². The zero-order valence-electron chi connectivity index (χ0n) is 17.7. The van der Waals surface area contributed by atoms with Gasteiger partial charge in [-0.15, -0.1) is 0 Å². The van der Waals surface area contributed by atoms with E-state index in [1.807, 2.05) is 32.9 Å². The van der Waals surface area contributed by atoms with Crippen LogP contribution in [0.1, 0.15) is 41.8 Å². The number of ether oxygens (including phenoxy) is 1. The Morgan fingerprint density at radius 1 is 1.07 bits per heavy atom. The highest BCUT2D eigenvalue weighted by Gasteiger charge is 2.33. The highest BCUT2D eigenvalue weighted by atomic mass is 32.2. The molecule has 7 heteroatoms. The lowest BCUT2D eigenvalue weighted by atomic mass is 9.97. The number of carbonyl (C=O) groups excluding carboxylic acids is 1. The Hall–Kier alpha value is -2.22. The Kier molecular flexibility index (Phi) is 5.70. The number of benzene rings is 2. The standard InChI is InChI=1S/C23H28N2O4S/c1-16-7-4-8-19-10-6-12-25(22(16)19)23(26)20-9-5-11-21(13-20)30(27,28)24-14-17(2)29-18(3)15-24/h4-5,7-9,11,13,17-18H,6,10,12,14-15H2,1-3H3. The van der Waals surface area contributed by atoms with E-state index in [4.69, 9.17) is 4.74 Å². The first-order valence-electron chi connectivity index (χ1n) is 10.4. The molecule has 0 bridgehead atoms. The molecule has 0 spiro atoms. The monoisotopic (exact) mass is 428 g/mol. The molecule has 1 saturated heterocycles. The molecule has 1 amide bonds. The Labute approximate surface area is 178 Å².